The van der Waals surface area contributed by atoms with Crippen LogP contribution >= 0.6 is 0 Å². The molecule has 0 radical (unpaired) electrons. The fourth-order valence-corrected chi connectivity index (χ4v) is 1.82. The molecule has 9 heteroatoms. The second-order valence-electron chi connectivity index (χ2n) is 4.06. The Bertz CT molecular complexity index is 411. The van der Waals surface area contributed by atoms with E-state index in [9.17, 15) is 26.3 Å². The lowest BCUT2D eigenvalue weighted by atomic mass is 9.96. The van der Waals surface area contributed by atoms with Gasteiger partial charge in [-0.05, 0) is 19.2 Å². The van der Waals surface area contributed by atoms with E-state index in [1.807, 2.05) is 5.32 Å². The molecular weight excluding hydrogens is 292 g/mol. The molecule has 1 aromatic rings. The zero-order valence-corrected chi connectivity index (χ0v) is 10.6. The Hall–Kier alpha value is -1.22. The quantitative estimate of drug-likeness (QED) is 0.846. The van der Waals surface area contributed by atoms with Crippen molar-refractivity contribution < 1.29 is 35.5 Å². The summed E-state index contributed by atoms with van der Waals surface area (Å²) in [6.45, 7) is -0.0425. The molecule has 0 amide bonds. The van der Waals surface area contributed by atoms with Gasteiger partial charge in [0, 0.05) is 7.11 Å². The van der Waals surface area contributed by atoms with Crippen molar-refractivity contribution in [2.45, 2.75) is 25.0 Å². The number of alkyl halides is 6. The molecule has 1 aromatic heterocycles. The van der Waals surface area contributed by atoms with Crippen LogP contribution in [0.15, 0.2) is 16.5 Å². The maximum atomic E-state index is 12.7. The van der Waals surface area contributed by atoms with Crippen molar-refractivity contribution in [2.75, 3.05) is 14.2 Å². The Labute approximate surface area is 110 Å². The van der Waals surface area contributed by atoms with Crippen LogP contribution in [-0.4, -0.2) is 26.5 Å². The lowest BCUT2D eigenvalue weighted by Gasteiger charge is -2.29. The number of rotatable bonds is 5. The van der Waals surface area contributed by atoms with Crippen molar-refractivity contribution in [3.8, 4) is 0 Å². The predicted octanol–water partition coefficient (Wildman–Crippen LogP) is 3.43. The van der Waals surface area contributed by atoms with Crippen LogP contribution in [0.25, 0.3) is 0 Å². The number of furan rings is 1. The van der Waals surface area contributed by atoms with E-state index in [-0.39, 0.29) is 12.4 Å². The van der Waals surface area contributed by atoms with E-state index in [0.29, 0.717) is 0 Å². The summed E-state index contributed by atoms with van der Waals surface area (Å²) in [7, 11) is 2.33. The Balaban J connectivity index is 3.13. The zero-order chi connectivity index (χ0) is 15.6. The van der Waals surface area contributed by atoms with Gasteiger partial charge < -0.3 is 14.5 Å². The van der Waals surface area contributed by atoms with Crippen LogP contribution in [0.1, 0.15) is 17.6 Å². The third kappa shape index (κ3) is 3.89. The zero-order valence-electron chi connectivity index (χ0n) is 10.6. The summed E-state index contributed by atoms with van der Waals surface area (Å²) >= 11 is 0. The molecule has 1 rings (SSSR count). The minimum Gasteiger partial charge on any atom is -0.462 e. The van der Waals surface area contributed by atoms with Crippen LogP contribution in [0.4, 0.5) is 26.3 Å². The van der Waals surface area contributed by atoms with Gasteiger partial charge in [-0.3, -0.25) is 0 Å². The van der Waals surface area contributed by atoms with Crippen molar-refractivity contribution in [2.24, 2.45) is 5.92 Å². The van der Waals surface area contributed by atoms with E-state index >= 15 is 0 Å². The van der Waals surface area contributed by atoms with E-state index in [4.69, 9.17) is 9.15 Å². The number of hydrogen-bond donors (Lipinski definition) is 1. The first-order chi connectivity index (χ1) is 9.11. The summed E-state index contributed by atoms with van der Waals surface area (Å²) in [5, 5.41) is 2.01. The standard InChI is InChI=1S/C11H13F6NO2/c1-18-8(7-4-3-6(20-7)5-19-2)9(10(12,13)14)11(15,16)17/h3-4,8-9,18H,5H2,1-2H3. The Morgan fingerprint density at radius 1 is 1.15 bits per heavy atom. The first-order valence-corrected chi connectivity index (χ1v) is 5.49. The highest BCUT2D eigenvalue weighted by Gasteiger charge is 2.61. The fourth-order valence-electron chi connectivity index (χ4n) is 1.82. The highest BCUT2D eigenvalue weighted by Crippen LogP contribution is 2.46. The molecule has 116 valence electrons. The van der Waals surface area contributed by atoms with Gasteiger partial charge in [0.25, 0.3) is 0 Å². The SMILES string of the molecule is CNC(c1ccc(COC)o1)C(C(F)(F)F)C(F)(F)F. The molecule has 0 fully saturated rings. The summed E-state index contributed by atoms with van der Waals surface area (Å²) in [6, 6.07) is 0.285. The molecule has 20 heavy (non-hydrogen) atoms. The maximum absolute atomic E-state index is 12.7. The second kappa shape index (κ2) is 6.04. The van der Waals surface area contributed by atoms with E-state index in [2.05, 4.69) is 0 Å². The third-order valence-corrected chi connectivity index (χ3v) is 2.63. The molecule has 1 atom stereocenters. The van der Waals surface area contributed by atoms with Crippen LogP contribution < -0.4 is 5.32 Å². The Kier molecular flexibility index (Phi) is 5.09. The van der Waals surface area contributed by atoms with E-state index in [1.54, 1.807) is 0 Å². The van der Waals surface area contributed by atoms with Crippen molar-refractivity contribution in [3.63, 3.8) is 0 Å². The molecule has 0 aliphatic rings. The maximum Gasteiger partial charge on any atom is 0.402 e. The van der Waals surface area contributed by atoms with Gasteiger partial charge in [0.2, 0.25) is 0 Å². The van der Waals surface area contributed by atoms with E-state index < -0.39 is 30.1 Å². The molecule has 0 saturated carbocycles. The van der Waals surface area contributed by atoms with Crippen molar-refractivity contribution in [1.29, 1.82) is 0 Å². The first-order valence-electron chi connectivity index (χ1n) is 5.49. The Morgan fingerprint density at radius 2 is 1.70 bits per heavy atom. The number of methoxy groups -OCH3 is 1. The van der Waals surface area contributed by atoms with Crippen LogP contribution in [0.5, 0.6) is 0 Å². The molecule has 1 unspecified atom stereocenters. The number of halogens is 6. The van der Waals surface area contributed by atoms with Gasteiger partial charge in [-0.25, -0.2) is 0 Å². The summed E-state index contributed by atoms with van der Waals surface area (Å²) in [6.07, 6.45) is -10.9. The lowest BCUT2D eigenvalue weighted by molar-refractivity contribution is -0.293. The largest absolute Gasteiger partial charge is 0.462 e. The van der Waals surface area contributed by atoms with Gasteiger partial charge in [-0.1, -0.05) is 0 Å². The van der Waals surface area contributed by atoms with Crippen LogP contribution in [0, 0.1) is 5.92 Å². The highest BCUT2D eigenvalue weighted by molar-refractivity contribution is 5.13. The third-order valence-electron chi connectivity index (χ3n) is 2.63. The number of hydrogen-bond acceptors (Lipinski definition) is 3. The van der Waals surface area contributed by atoms with E-state index in [1.165, 1.54) is 13.2 Å². The van der Waals surface area contributed by atoms with Gasteiger partial charge in [-0.2, -0.15) is 26.3 Å². The van der Waals surface area contributed by atoms with Gasteiger partial charge >= 0.3 is 12.4 Å². The smallest absolute Gasteiger partial charge is 0.402 e. The second-order valence-corrected chi connectivity index (χ2v) is 4.06. The molecule has 1 heterocycles. The molecular formula is C11H13F6NO2. The van der Waals surface area contributed by atoms with E-state index in [0.717, 1.165) is 13.1 Å². The number of nitrogens with one attached hydrogen (secondary N) is 1. The van der Waals surface area contributed by atoms with Crippen molar-refractivity contribution in [3.05, 3.63) is 23.7 Å². The Morgan fingerprint density at radius 3 is 2.10 bits per heavy atom. The average molecular weight is 305 g/mol. The summed E-state index contributed by atoms with van der Waals surface area (Å²) in [5.74, 6) is -3.86. The first kappa shape index (κ1) is 16.8. The predicted molar refractivity (Wildman–Crippen MR) is 56.8 cm³/mol. The normalized spacial score (nSPS) is 14.8. The summed E-state index contributed by atoms with van der Waals surface area (Å²) in [4.78, 5) is 0. The van der Waals surface area contributed by atoms with Gasteiger partial charge in [0.15, 0.2) is 5.92 Å². The van der Waals surface area contributed by atoms with Gasteiger partial charge in [-0.15, -0.1) is 0 Å². The monoisotopic (exact) mass is 305 g/mol. The van der Waals surface area contributed by atoms with Crippen LogP contribution in [0.2, 0.25) is 0 Å². The van der Waals surface area contributed by atoms with Crippen LogP contribution in [0.3, 0.4) is 0 Å². The minimum absolute atomic E-state index is 0.0425. The number of ether oxygens (including phenoxy) is 1. The minimum atomic E-state index is -5.44. The van der Waals surface area contributed by atoms with Gasteiger partial charge in [0.1, 0.15) is 18.1 Å². The fraction of sp³-hybridized carbons (Fsp3) is 0.636. The molecule has 0 aliphatic carbocycles. The highest BCUT2D eigenvalue weighted by atomic mass is 19.4. The van der Waals surface area contributed by atoms with Crippen molar-refractivity contribution >= 4 is 0 Å². The molecule has 0 spiro atoms. The average Bonchev–Trinajstić information content (AvgIpc) is 2.71. The molecule has 0 aromatic carbocycles. The topological polar surface area (TPSA) is 34.4 Å². The van der Waals surface area contributed by atoms with Crippen molar-refractivity contribution in [1.82, 2.24) is 5.32 Å². The van der Waals surface area contributed by atoms with Gasteiger partial charge in [0.05, 0.1) is 6.04 Å². The van der Waals surface area contributed by atoms with Crippen LogP contribution in [-0.2, 0) is 11.3 Å². The lowest BCUT2D eigenvalue weighted by Crippen LogP contribution is -2.44. The summed E-state index contributed by atoms with van der Waals surface area (Å²) < 4.78 is 85.7. The molecule has 0 aliphatic heterocycles. The molecule has 0 bridgehead atoms. The molecule has 1 N–H and O–H groups in total. The molecule has 3 nitrogen and oxygen atoms in total. The summed E-state index contributed by atoms with van der Waals surface area (Å²) in [5.41, 5.74) is 0. The molecule has 0 saturated heterocycles.